The van der Waals surface area contributed by atoms with Gasteiger partial charge >= 0.3 is 0 Å². The molecule has 2 unspecified atom stereocenters. The molecule has 2 rings (SSSR count). The number of ether oxygens (including phenoxy) is 1. The summed E-state index contributed by atoms with van der Waals surface area (Å²) in [7, 11) is 1.73. The maximum atomic E-state index is 6.09. The highest BCUT2D eigenvalue weighted by Gasteiger charge is 2.29. The standard InChI is InChI=1S/C13H24N4O/c1-4-11-8-16(5-6-18-3)13(15-11)17-7-10(2)12(14)9-17/h8,10,12H,4-7,9,14H2,1-3H3. The van der Waals surface area contributed by atoms with E-state index in [4.69, 9.17) is 15.5 Å². The second kappa shape index (κ2) is 5.71. The molecule has 2 N–H and O–H groups in total. The maximum absolute atomic E-state index is 6.09. The van der Waals surface area contributed by atoms with E-state index in [1.165, 1.54) is 0 Å². The molecule has 0 spiro atoms. The Morgan fingerprint density at radius 3 is 2.83 bits per heavy atom. The molecule has 5 heteroatoms. The molecule has 102 valence electrons. The third-order valence-corrected chi connectivity index (χ3v) is 3.66. The van der Waals surface area contributed by atoms with Gasteiger partial charge in [0.25, 0.3) is 0 Å². The minimum Gasteiger partial charge on any atom is -0.383 e. The molecule has 0 aliphatic carbocycles. The van der Waals surface area contributed by atoms with Crippen LogP contribution < -0.4 is 10.6 Å². The Balaban J connectivity index is 2.17. The second-order valence-corrected chi connectivity index (χ2v) is 5.12. The Morgan fingerprint density at radius 1 is 1.50 bits per heavy atom. The van der Waals surface area contributed by atoms with Crippen molar-refractivity contribution in [3.8, 4) is 0 Å². The van der Waals surface area contributed by atoms with Crippen LogP contribution in [0.15, 0.2) is 6.20 Å². The summed E-state index contributed by atoms with van der Waals surface area (Å²) in [5, 5.41) is 0. The maximum Gasteiger partial charge on any atom is 0.205 e. The molecule has 1 aliphatic heterocycles. The van der Waals surface area contributed by atoms with E-state index in [9.17, 15) is 0 Å². The van der Waals surface area contributed by atoms with Crippen molar-refractivity contribution in [2.45, 2.75) is 32.9 Å². The lowest BCUT2D eigenvalue weighted by Crippen LogP contribution is -2.29. The van der Waals surface area contributed by atoms with Gasteiger partial charge in [-0.3, -0.25) is 0 Å². The van der Waals surface area contributed by atoms with Crippen molar-refractivity contribution in [2.24, 2.45) is 11.7 Å². The van der Waals surface area contributed by atoms with E-state index in [1.807, 2.05) is 0 Å². The first-order chi connectivity index (χ1) is 8.65. The minimum absolute atomic E-state index is 0.252. The molecule has 0 saturated carbocycles. The Bertz CT molecular complexity index is 380. The van der Waals surface area contributed by atoms with E-state index in [2.05, 4.69) is 29.5 Å². The third kappa shape index (κ3) is 2.67. The van der Waals surface area contributed by atoms with Crippen molar-refractivity contribution in [3.05, 3.63) is 11.9 Å². The van der Waals surface area contributed by atoms with Crippen LogP contribution >= 0.6 is 0 Å². The van der Waals surface area contributed by atoms with Crippen molar-refractivity contribution in [1.29, 1.82) is 0 Å². The molecule has 2 atom stereocenters. The molecule has 1 aliphatic rings. The summed E-state index contributed by atoms with van der Waals surface area (Å²) in [6.45, 7) is 7.78. The Kier molecular flexibility index (Phi) is 4.24. The lowest BCUT2D eigenvalue weighted by molar-refractivity contribution is 0.187. The lowest BCUT2D eigenvalue weighted by atomic mass is 10.1. The van der Waals surface area contributed by atoms with Crippen LogP contribution in [0.3, 0.4) is 0 Å². The Labute approximate surface area is 109 Å². The zero-order valence-electron chi connectivity index (χ0n) is 11.6. The van der Waals surface area contributed by atoms with Gasteiger partial charge in [-0.05, 0) is 12.3 Å². The van der Waals surface area contributed by atoms with E-state index >= 15 is 0 Å². The molecule has 2 heterocycles. The highest BCUT2D eigenvalue weighted by Crippen LogP contribution is 2.23. The summed E-state index contributed by atoms with van der Waals surface area (Å²) >= 11 is 0. The van der Waals surface area contributed by atoms with Gasteiger partial charge in [-0.15, -0.1) is 0 Å². The van der Waals surface area contributed by atoms with Gasteiger partial charge in [-0.25, -0.2) is 4.98 Å². The fourth-order valence-corrected chi connectivity index (χ4v) is 2.39. The molecule has 1 aromatic rings. The summed E-state index contributed by atoms with van der Waals surface area (Å²) in [6, 6.07) is 0.252. The number of nitrogens with two attached hydrogens (primary N) is 1. The third-order valence-electron chi connectivity index (χ3n) is 3.66. The smallest absolute Gasteiger partial charge is 0.205 e. The normalized spacial score (nSPS) is 23.9. The van der Waals surface area contributed by atoms with Crippen LogP contribution in [0.2, 0.25) is 0 Å². The second-order valence-electron chi connectivity index (χ2n) is 5.12. The van der Waals surface area contributed by atoms with Crippen molar-refractivity contribution in [2.75, 3.05) is 31.7 Å². The number of anilines is 1. The number of nitrogens with zero attached hydrogens (tertiary/aromatic N) is 3. The quantitative estimate of drug-likeness (QED) is 0.845. The van der Waals surface area contributed by atoms with Crippen LogP contribution in [0, 0.1) is 5.92 Å². The van der Waals surface area contributed by atoms with Gasteiger partial charge in [0, 0.05) is 39.0 Å². The van der Waals surface area contributed by atoms with Crippen molar-refractivity contribution >= 4 is 5.95 Å². The van der Waals surface area contributed by atoms with Crippen molar-refractivity contribution < 1.29 is 4.74 Å². The van der Waals surface area contributed by atoms with Crippen LogP contribution in [0.25, 0.3) is 0 Å². The number of methoxy groups -OCH3 is 1. The molecule has 0 radical (unpaired) electrons. The van der Waals surface area contributed by atoms with E-state index in [0.29, 0.717) is 12.5 Å². The first-order valence-electron chi connectivity index (χ1n) is 6.71. The molecule has 0 aromatic carbocycles. The van der Waals surface area contributed by atoms with E-state index in [-0.39, 0.29) is 6.04 Å². The van der Waals surface area contributed by atoms with Gasteiger partial charge in [0.2, 0.25) is 5.95 Å². The van der Waals surface area contributed by atoms with Crippen LogP contribution in [0.5, 0.6) is 0 Å². The lowest BCUT2D eigenvalue weighted by Gasteiger charge is -2.18. The van der Waals surface area contributed by atoms with Gasteiger partial charge in [-0.1, -0.05) is 13.8 Å². The van der Waals surface area contributed by atoms with Crippen molar-refractivity contribution in [3.63, 3.8) is 0 Å². The van der Waals surface area contributed by atoms with Gasteiger partial charge in [0.1, 0.15) is 0 Å². The number of hydrogen-bond donors (Lipinski definition) is 1. The highest BCUT2D eigenvalue weighted by molar-refractivity contribution is 5.36. The Morgan fingerprint density at radius 2 is 2.28 bits per heavy atom. The zero-order chi connectivity index (χ0) is 13.1. The van der Waals surface area contributed by atoms with E-state index in [1.54, 1.807) is 7.11 Å². The number of aromatic nitrogens is 2. The van der Waals surface area contributed by atoms with Crippen molar-refractivity contribution in [1.82, 2.24) is 9.55 Å². The molecular formula is C13H24N4O. The molecule has 1 saturated heterocycles. The van der Waals surface area contributed by atoms with Crippen LogP contribution in [0.4, 0.5) is 5.95 Å². The summed E-state index contributed by atoms with van der Waals surface area (Å²) in [5.74, 6) is 1.58. The minimum atomic E-state index is 0.252. The zero-order valence-corrected chi connectivity index (χ0v) is 11.6. The topological polar surface area (TPSA) is 56.3 Å². The predicted molar refractivity (Wildman–Crippen MR) is 72.8 cm³/mol. The molecule has 1 fully saturated rings. The first kappa shape index (κ1) is 13.4. The van der Waals surface area contributed by atoms with E-state index in [0.717, 1.165) is 37.7 Å². The molecule has 18 heavy (non-hydrogen) atoms. The summed E-state index contributed by atoms with van der Waals surface area (Å²) in [6.07, 6.45) is 3.09. The average Bonchev–Trinajstić information content (AvgIpc) is 2.91. The molecule has 0 amide bonds. The average molecular weight is 252 g/mol. The molecule has 1 aromatic heterocycles. The number of rotatable bonds is 5. The van der Waals surface area contributed by atoms with Crippen LogP contribution in [-0.4, -0.2) is 42.4 Å². The van der Waals surface area contributed by atoms with Gasteiger partial charge in [0.15, 0.2) is 0 Å². The number of aryl methyl sites for hydroxylation is 1. The SMILES string of the molecule is CCc1cn(CCOC)c(N2CC(C)C(N)C2)n1. The van der Waals surface area contributed by atoms with Crippen LogP contribution in [-0.2, 0) is 17.7 Å². The van der Waals surface area contributed by atoms with Crippen LogP contribution in [0.1, 0.15) is 19.5 Å². The fourth-order valence-electron chi connectivity index (χ4n) is 2.39. The highest BCUT2D eigenvalue weighted by atomic mass is 16.5. The molecular weight excluding hydrogens is 228 g/mol. The summed E-state index contributed by atoms with van der Waals surface area (Å²) in [4.78, 5) is 7.01. The largest absolute Gasteiger partial charge is 0.383 e. The first-order valence-corrected chi connectivity index (χ1v) is 6.71. The number of hydrogen-bond acceptors (Lipinski definition) is 4. The number of imidazole rings is 1. The van der Waals surface area contributed by atoms with E-state index < -0.39 is 0 Å². The predicted octanol–water partition coefficient (Wildman–Crippen LogP) is 0.875. The van der Waals surface area contributed by atoms with Gasteiger partial charge < -0.3 is 19.9 Å². The summed E-state index contributed by atoms with van der Waals surface area (Å²) in [5.41, 5.74) is 7.23. The monoisotopic (exact) mass is 252 g/mol. The fraction of sp³-hybridized carbons (Fsp3) is 0.769. The molecule has 0 bridgehead atoms. The van der Waals surface area contributed by atoms with Gasteiger partial charge in [0.05, 0.1) is 12.3 Å². The summed E-state index contributed by atoms with van der Waals surface area (Å²) < 4.78 is 7.34. The molecule has 5 nitrogen and oxygen atoms in total. The van der Waals surface area contributed by atoms with Gasteiger partial charge in [-0.2, -0.15) is 0 Å². The Hall–Kier alpha value is -1.07.